The minimum atomic E-state index is 0.0165. The van der Waals surface area contributed by atoms with Crippen molar-refractivity contribution in [3.05, 3.63) is 83.4 Å². The van der Waals surface area contributed by atoms with Gasteiger partial charge in [-0.25, -0.2) is 0 Å². The molecule has 2 nitrogen and oxygen atoms in total. The highest BCUT2D eigenvalue weighted by molar-refractivity contribution is 6.12. The normalized spacial score (nSPS) is 12.0. The largest absolute Gasteiger partial charge is 0.456 e. The molecule has 124 valence electrons. The molecule has 0 aliphatic rings. The van der Waals surface area contributed by atoms with E-state index in [2.05, 4.69) is 20.8 Å². The maximum absolute atomic E-state index is 12.8. The number of hydrogen-bond donors (Lipinski definition) is 0. The topological polar surface area (TPSA) is 30.2 Å². The van der Waals surface area contributed by atoms with Crippen molar-refractivity contribution in [2.75, 3.05) is 0 Å². The molecule has 1 aromatic heterocycles. The van der Waals surface area contributed by atoms with Gasteiger partial charge in [-0.2, -0.15) is 0 Å². The Balaban J connectivity index is 1.73. The molecule has 0 aliphatic heterocycles. The van der Waals surface area contributed by atoms with Crippen LogP contribution in [0.4, 0.5) is 0 Å². The Kier molecular flexibility index (Phi) is 3.50. The molecular formula is C23H20O2. The number of benzene rings is 3. The second-order valence-corrected chi connectivity index (χ2v) is 7.47. The number of hydrogen-bond acceptors (Lipinski definition) is 2. The van der Waals surface area contributed by atoms with E-state index in [-0.39, 0.29) is 11.2 Å². The van der Waals surface area contributed by atoms with Crippen molar-refractivity contribution in [3.63, 3.8) is 0 Å². The van der Waals surface area contributed by atoms with Crippen LogP contribution in [0.5, 0.6) is 0 Å². The first-order valence-electron chi connectivity index (χ1n) is 8.50. The van der Waals surface area contributed by atoms with Crippen molar-refractivity contribution in [1.82, 2.24) is 0 Å². The summed E-state index contributed by atoms with van der Waals surface area (Å²) >= 11 is 0. The van der Waals surface area contributed by atoms with Gasteiger partial charge in [0.15, 0.2) is 5.78 Å². The van der Waals surface area contributed by atoms with Crippen LogP contribution in [-0.2, 0) is 5.41 Å². The van der Waals surface area contributed by atoms with Gasteiger partial charge in [-0.1, -0.05) is 69.3 Å². The maximum atomic E-state index is 12.8. The van der Waals surface area contributed by atoms with Gasteiger partial charge in [0, 0.05) is 21.9 Å². The van der Waals surface area contributed by atoms with Gasteiger partial charge in [0.2, 0.25) is 0 Å². The van der Waals surface area contributed by atoms with Gasteiger partial charge in [-0.3, -0.25) is 4.79 Å². The molecule has 0 saturated heterocycles. The van der Waals surface area contributed by atoms with E-state index >= 15 is 0 Å². The standard InChI is InChI=1S/C23H20O2/c1-23(2,3)17-11-8-15(9-12-17)22(24)16-10-13-19-18-6-4-5-7-20(18)25-21(19)14-16/h4-14H,1-3H3. The first-order valence-corrected chi connectivity index (χ1v) is 8.50. The number of fused-ring (bicyclic) bond motifs is 3. The maximum Gasteiger partial charge on any atom is 0.193 e. The summed E-state index contributed by atoms with van der Waals surface area (Å²) in [5.41, 5.74) is 4.24. The fraction of sp³-hybridized carbons (Fsp3) is 0.174. The average molecular weight is 328 g/mol. The number of carbonyl (C=O) groups excluding carboxylic acids is 1. The number of carbonyl (C=O) groups is 1. The van der Waals surface area contributed by atoms with Crippen LogP contribution in [0.2, 0.25) is 0 Å². The number of para-hydroxylation sites is 1. The highest BCUT2D eigenvalue weighted by Gasteiger charge is 2.16. The second kappa shape index (κ2) is 5.59. The summed E-state index contributed by atoms with van der Waals surface area (Å²) in [5.74, 6) is 0.0165. The Hall–Kier alpha value is -2.87. The molecule has 4 rings (SSSR count). The quantitative estimate of drug-likeness (QED) is 0.415. The van der Waals surface area contributed by atoms with E-state index < -0.39 is 0 Å². The van der Waals surface area contributed by atoms with E-state index in [4.69, 9.17) is 4.42 Å². The molecule has 0 saturated carbocycles. The fourth-order valence-electron chi connectivity index (χ4n) is 3.16. The van der Waals surface area contributed by atoms with Crippen molar-refractivity contribution in [2.45, 2.75) is 26.2 Å². The van der Waals surface area contributed by atoms with Crippen LogP contribution in [0.25, 0.3) is 21.9 Å². The smallest absolute Gasteiger partial charge is 0.193 e. The van der Waals surface area contributed by atoms with E-state index in [0.29, 0.717) is 11.1 Å². The van der Waals surface area contributed by atoms with Gasteiger partial charge >= 0.3 is 0 Å². The third-order valence-electron chi connectivity index (χ3n) is 4.65. The molecule has 0 fully saturated rings. The molecule has 0 spiro atoms. The molecule has 2 heteroatoms. The first kappa shape index (κ1) is 15.6. The lowest BCUT2D eigenvalue weighted by molar-refractivity contribution is 0.103. The zero-order valence-electron chi connectivity index (χ0n) is 14.7. The van der Waals surface area contributed by atoms with E-state index in [1.54, 1.807) is 0 Å². The molecule has 0 amide bonds. The molecular weight excluding hydrogens is 308 g/mol. The van der Waals surface area contributed by atoms with Crippen molar-refractivity contribution in [3.8, 4) is 0 Å². The Labute approximate surface area is 147 Å². The fourth-order valence-corrected chi connectivity index (χ4v) is 3.16. The lowest BCUT2D eigenvalue weighted by Crippen LogP contribution is -2.11. The Morgan fingerprint density at radius 1 is 0.760 bits per heavy atom. The predicted octanol–water partition coefficient (Wildman–Crippen LogP) is 6.11. The predicted molar refractivity (Wildman–Crippen MR) is 102 cm³/mol. The van der Waals surface area contributed by atoms with Gasteiger partial charge in [0.1, 0.15) is 11.2 Å². The third-order valence-corrected chi connectivity index (χ3v) is 4.65. The van der Waals surface area contributed by atoms with Crippen LogP contribution in [0.1, 0.15) is 42.3 Å². The molecule has 0 aliphatic carbocycles. The molecule has 0 radical (unpaired) electrons. The Morgan fingerprint density at radius 2 is 1.40 bits per heavy atom. The van der Waals surface area contributed by atoms with E-state index in [1.165, 1.54) is 5.56 Å². The van der Waals surface area contributed by atoms with Crippen LogP contribution in [0.3, 0.4) is 0 Å². The van der Waals surface area contributed by atoms with Crippen molar-refractivity contribution >= 4 is 27.7 Å². The zero-order valence-corrected chi connectivity index (χ0v) is 14.7. The van der Waals surface area contributed by atoms with E-state index in [1.807, 2.05) is 66.7 Å². The van der Waals surface area contributed by atoms with Crippen molar-refractivity contribution in [1.29, 1.82) is 0 Å². The first-order chi connectivity index (χ1) is 11.9. The Morgan fingerprint density at radius 3 is 2.12 bits per heavy atom. The lowest BCUT2D eigenvalue weighted by Gasteiger charge is -2.19. The summed E-state index contributed by atoms with van der Waals surface area (Å²) in [4.78, 5) is 12.8. The van der Waals surface area contributed by atoms with Gasteiger partial charge < -0.3 is 4.42 Å². The summed E-state index contributed by atoms with van der Waals surface area (Å²) < 4.78 is 5.89. The number of furan rings is 1. The van der Waals surface area contributed by atoms with Crippen LogP contribution in [0.15, 0.2) is 71.1 Å². The summed E-state index contributed by atoms with van der Waals surface area (Å²) in [6, 6.07) is 21.5. The monoisotopic (exact) mass is 328 g/mol. The van der Waals surface area contributed by atoms with Crippen LogP contribution in [0, 0.1) is 0 Å². The number of rotatable bonds is 2. The van der Waals surface area contributed by atoms with Gasteiger partial charge in [0.05, 0.1) is 0 Å². The zero-order chi connectivity index (χ0) is 17.6. The highest BCUT2D eigenvalue weighted by atomic mass is 16.3. The molecule has 0 bridgehead atoms. The van der Waals surface area contributed by atoms with Crippen molar-refractivity contribution in [2.24, 2.45) is 0 Å². The SMILES string of the molecule is CC(C)(C)c1ccc(C(=O)c2ccc3c(c2)oc2ccccc23)cc1. The summed E-state index contributed by atoms with van der Waals surface area (Å²) in [6.45, 7) is 6.50. The molecule has 0 N–H and O–H groups in total. The average Bonchev–Trinajstić information content (AvgIpc) is 2.98. The number of ketones is 1. The van der Waals surface area contributed by atoms with Crippen LogP contribution in [-0.4, -0.2) is 5.78 Å². The summed E-state index contributed by atoms with van der Waals surface area (Å²) in [7, 11) is 0. The second-order valence-electron chi connectivity index (χ2n) is 7.47. The van der Waals surface area contributed by atoms with Crippen LogP contribution >= 0.6 is 0 Å². The van der Waals surface area contributed by atoms with Gasteiger partial charge in [-0.05, 0) is 29.2 Å². The lowest BCUT2D eigenvalue weighted by atomic mass is 9.86. The van der Waals surface area contributed by atoms with Crippen molar-refractivity contribution < 1.29 is 9.21 Å². The highest BCUT2D eigenvalue weighted by Crippen LogP contribution is 2.30. The molecule has 25 heavy (non-hydrogen) atoms. The van der Waals surface area contributed by atoms with Gasteiger partial charge in [0.25, 0.3) is 0 Å². The molecule has 0 unspecified atom stereocenters. The molecule has 0 atom stereocenters. The van der Waals surface area contributed by atoms with Crippen LogP contribution < -0.4 is 0 Å². The minimum Gasteiger partial charge on any atom is -0.456 e. The molecule has 3 aromatic carbocycles. The Bertz CT molecular complexity index is 1080. The molecule has 4 aromatic rings. The molecule has 1 heterocycles. The third kappa shape index (κ3) is 2.74. The summed E-state index contributed by atoms with van der Waals surface area (Å²) in [5, 5.41) is 2.11. The summed E-state index contributed by atoms with van der Waals surface area (Å²) in [6.07, 6.45) is 0. The van der Waals surface area contributed by atoms with E-state index in [9.17, 15) is 4.79 Å². The minimum absolute atomic E-state index is 0.0165. The van der Waals surface area contributed by atoms with E-state index in [0.717, 1.165) is 21.9 Å². The van der Waals surface area contributed by atoms with Gasteiger partial charge in [-0.15, -0.1) is 0 Å².